The maximum absolute atomic E-state index is 12.1. The molecular formula is C17H27ClN4O2. The van der Waals surface area contributed by atoms with Crippen LogP contribution in [-0.2, 0) is 11.2 Å². The maximum Gasteiger partial charge on any atom is 0.319 e. The first-order valence-corrected chi connectivity index (χ1v) is 8.23. The van der Waals surface area contributed by atoms with E-state index in [-0.39, 0.29) is 24.3 Å². The largest absolute Gasteiger partial charge is 0.359 e. The van der Waals surface area contributed by atoms with Crippen LogP contribution < -0.4 is 21.3 Å². The summed E-state index contributed by atoms with van der Waals surface area (Å²) < 4.78 is 0. The lowest BCUT2D eigenvalue weighted by Gasteiger charge is -2.23. The third-order valence-corrected chi connectivity index (χ3v) is 4.18. The molecule has 1 aliphatic heterocycles. The summed E-state index contributed by atoms with van der Waals surface area (Å²) >= 11 is 0. The Morgan fingerprint density at radius 1 is 1.21 bits per heavy atom. The molecule has 0 saturated carbocycles. The summed E-state index contributed by atoms with van der Waals surface area (Å²) in [5, 5.41) is 11.8. The van der Waals surface area contributed by atoms with E-state index in [1.165, 1.54) is 0 Å². The van der Waals surface area contributed by atoms with Crippen molar-refractivity contribution >= 4 is 30.0 Å². The molecule has 0 aromatic heterocycles. The number of piperidine rings is 1. The highest BCUT2D eigenvalue weighted by Crippen LogP contribution is 2.17. The summed E-state index contributed by atoms with van der Waals surface area (Å²) in [7, 11) is 1.63. The van der Waals surface area contributed by atoms with Gasteiger partial charge in [-0.2, -0.15) is 0 Å². The number of amides is 3. The van der Waals surface area contributed by atoms with Gasteiger partial charge in [0.05, 0.1) is 0 Å². The van der Waals surface area contributed by atoms with Crippen LogP contribution in [0.15, 0.2) is 24.3 Å². The quantitative estimate of drug-likeness (QED) is 0.629. The van der Waals surface area contributed by atoms with Crippen molar-refractivity contribution in [1.29, 1.82) is 0 Å². The Morgan fingerprint density at radius 3 is 2.62 bits per heavy atom. The zero-order valence-electron chi connectivity index (χ0n) is 14.1. The molecule has 6 nitrogen and oxygen atoms in total. The van der Waals surface area contributed by atoms with E-state index in [4.69, 9.17) is 0 Å². The fourth-order valence-corrected chi connectivity index (χ4v) is 2.72. The van der Waals surface area contributed by atoms with E-state index in [0.29, 0.717) is 25.3 Å². The lowest BCUT2D eigenvalue weighted by molar-refractivity contribution is -0.120. The zero-order chi connectivity index (χ0) is 16.5. The molecule has 2 rings (SSSR count). The van der Waals surface area contributed by atoms with Gasteiger partial charge in [0.1, 0.15) is 0 Å². The van der Waals surface area contributed by atoms with Crippen LogP contribution >= 0.6 is 12.4 Å². The van der Waals surface area contributed by atoms with Crippen LogP contribution in [0.2, 0.25) is 0 Å². The molecule has 1 saturated heterocycles. The van der Waals surface area contributed by atoms with E-state index in [9.17, 15) is 9.59 Å². The van der Waals surface area contributed by atoms with Crippen LogP contribution in [-0.4, -0.2) is 38.6 Å². The van der Waals surface area contributed by atoms with Gasteiger partial charge in [-0.1, -0.05) is 18.2 Å². The molecular weight excluding hydrogens is 328 g/mol. The first-order chi connectivity index (χ1) is 11.2. The van der Waals surface area contributed by atoms with Crippen molar-refractivity contribution < 1.29 is 9.59 Å². The Balaban J connectivity index is 0.00000288. The highest BCUT2D eigenvalue weighted by molar-refractivity contribution is 5.90. The smallest absolute Gasteiger partial charge is 0.319 e. The standard InChI is InChI=1S/C17H26N4O2.ClH/c1-18-16(22)7-6-14-4-2-3-5-15(14)21-17(23)20-12-13-8-10-19-11-9-13;/h2-5,13,19H,6-12H2,1H3,(H,18,22)(H2,20,21,23);1H. The molecule has 7 heteroatoms. The fourth-order valence-electron chi connectivity index (χ4n) is 2.72. The van der Waals surface area contributed by atoms with Crippen molar-refractivity contribution in [3.63, 3.8) is 0 Å². The van der Waals surface area contributed by atoms with E-state index in [0.717, 1.165) is 37.2 Å². The van der Waals surface area contributed by atoms with Gasteiger partial charge in [0.25, 0.3) is 0 Å². The third-order valence-electron chi connectivity index (χ3n) is 4.18. The first kappa shape index (κ1) is 20.3. The number of nitrogens with one attached hydrogen (secondary N) is 4. The molecule has 0 radical (unpaired) electrons. The van der Waals surface area contributed by atoms with E-state index >= 15 is 0 Å². The van der Waals surface area contributed by atoms with E-state index in [2.05, 4.69) is 21.3 Å². The second-order valence-corrected chi connectivity index (χ2v) is 5.86. The molecule has 24 heavy (non-hydrogen) atoms. The van der Waals surface area contributed by atoms with Crippen LogP contribution in [0.5, 0.6) is 0 Å². The number of halogens is 1. The van der Waals surface area contributed by atoms with Gasteiger partial charge in [0.2, 0.25) is 5.91 Å². The molecule has 0 bridgehead atoms. The Kier molecular flexibility index (Phi) is 9.19. The predicted octanol–water partition coefficient (Wildman–Crippen LogP) is 1.91. The van der Waals surface area contributed by atoms with E-state index in [1.807, 2.05) is 24.3 Å². The lowest BCUT2D eigenvalue weighted by Crippen LogP contribution is -2.37. The highest BCUT2D eigenvalue weighted by Gasteiger charge is 2.14. The molecule has 0 unspecified atom stereocenters. The average Bonchev–Trinajstić information content (AvgIpc) is 2.60. The van der Waals surface area contributed by atoms with Crippen molar-refractivity contribution in [2.75, 3.05) is 32.0 Å². The topological polar surface area (TPSA) is 82.3 Å². The molecule has 1 aromatic carbocycles. The molecule has 0 spiro atoms. The van der Waals surface area contributed by atoms with Crippen LogP contribution in [0.25, 0.3) is 0 Å². The summed E-state index contributed by atoms with van der Waals surface area (Å²) in [5.74, 6) is 0.542. The summed E-state index contributed by atoms with van der Waals surface area (Å²) in [6, 6.07) is 7.41. The van der Waals surface area contributed by atoms with Crippen LogP contribution in [0, 0.1) is 5.92 Å². The third kappa shape index (κ3) is 6.76. The van der Waals surface area contributed by atoms with Crippen molar-refractivity contribution in [1.82, 2.24) is 16.0 Å². The summed E-state index contributed by atoms with van der Waals surface area (Å²) in [4.78, 5) is 23.5. The number of carbonyl (C=O) groups excluding carboxylic acids is 2. The van der Waals surface area contributed by atoms with Gasteiger partial charge in [-0.05, 0) is 49.9 Å². The summed E-state index contributed by atoms with van der Waals surface area (Å²) in [6.07, 6.45) is 3.21. The van der Waals surface area contributed by atoms with Crippen LogP contribution in [0.4, 0.5) is 10.5 Å². The minimum absolute atomic E-state index is 0. The number of benzene rings is 1. The Bertz CT molecular complexity index is 533. The number of carbonyl (C=O) groups is 2. The predicted molar refractivity (Wildman–Crippen MR) is 98.7 cm³/mol. The second kappa shape index (κ2) is 10.9. The Labute approximate surface area is 149 Å². The Morgan fingerprint density at radius 2 is 1.92 bits per heavy atom. The lowest BCUT2D eigenvalue weighted by atomic mass is 9.98. The van der Waals surface area contributed by atoms with Gasteiger partial charge >= 0.3 is 6.03 Å². The van der Waals surface area contributed by atoms with E-state index in [1.54, 1.807) is 7.05 Å². The Hall–Kier alpha value is -1.79. The van der Waals surface area contributed by atoms with Crippen molar-refractivity contribution in [3.8, 4) is 0 Å². The molecule has 3 amide bonds. The highest BCUT2D eigenvalue weighted by atomic mass is 35.5. The number of para-hydroxylation sites is 1. The summed E-state index contributed by atoms with van der Waals surface area (Å²) in [5.41, 5.74) is 1.73. The monoisotopic (exact) mass is 354 g/mol. The van der Waals surface area contributed by atoms with Crippen LogP contribution in [0.1, 0.15) is 24.8 Å². The number of anilines is 1. The number of hydrogen-bond acceptors (Lipinski definition) is 3. The van der Waals surface area contributed by atoms with E-state index < -0.39 is 0 Å². The molecule has 1 aromatic rings. The number of urea groups is 1. The number of rotatable bonds is 6. The van der Waals surface area contributed by atoms with Crippen molar-refractivity contribution in [3.05, 3.63) is 29.8 Å². The second-order valence-electron chi connectivity index (χ2n) is 5.86. The summed E-state index contributed by atoms with van der Waals surface area (Å²) in [6.45, 7) is 2.75. The fraction of sp³-hybridized carbons (Fsp3) is 0.529. The maximum atomic E-state index is 12.1. The molecule has 1 aliphatic rings. The van der Waals surface area contributed by atoms with Gasteiger partial charge in [-0.3, -0.25) is 4.79 Å². The minimum atomic E-state index is -0.184. The molecule has 0 aliphatic carbocycles. The molecule has 1 heterocycles. The SMILES string of the molecule is CNC(=O)CCc1ccccc1NC(=O)NCC1CCNCC1.Cl. The van der Waals surface area contributed by atoms with Crippen LogP contribution in [0.3, 0.4) is 0 Å². The van der Waals surface area contributed by atoms with Gasteiger partial charge in [0, 0.05) is 25.7 Å². The van der Waals surface area contributed by atoms with Gasteiger partial charge in [-0.15, -0.1) is 12.4 Å². The van der Waals surface area contributed by atoms with Gasteiger partial charge < -0.3 is 21.3 Å². The van der Waals surface area contributed by atoms with Gasteiger partial charge in [-0.25, -0.2) is 4.79 Å². The molecule has 1 fully saturated rings. The van der Waals surface area contributed by atoms with Crippen molar-refractivity contribution in [2.45, 2.75) is 25.7 Å². The molecule has 134 valence electrons. The molecule has 4 N–H and O–H groups in total. The van der Waals surface area contributed by atoms with Crippen molar-refractivity contribution in [2.24, 2.45) is 5.92 Å². The zero-order valence-corrected chi connectivity index (χ0v) is 14.9. The normalized spacial score (nSPS) is 14.4. The molecule has 0 atom stereocenters. The minimum Gasteiger partial charge on any atom is -0.359 e. The van der Waals surface area contributed by atoms with Gasteiger partial charge in [0.15, 0.2) is 0 Å². The number of hydrogen-bond donors (Lipinski definition) is 4. The first-order valence-electron chi connectivity index (χ1n) is 8.23. The number of aryl methyl sites for hydroxylation is 1. The average molecular weight is 355 g/mol.